The van der Waals surface area contributed by atoms with Gasteiger partial charge in [-0.1, -0.05) is 6.07 Å². The molecule has 2 amide bonds. The Bertz CT molecular complexity index is 594. The van der Waals surface area contributed by atoms with Crippen molar-refractivity contribution in [3.05, 3.63) is 29.3 Å². The van der Waals surface area contributed by atoms with Crippen LogP contribution in [-0.4, -0.2) is 29.4 Å². The van der Waals surface area contributed by atoms with Crippen molar-refractivity contribution >= 4 is 23.5 Å². The van der Waals surface area contributed by atoms with E-state index in [2.05, 4.69) is 10.6 Å². The summed E-state index contributed by atoms with van der Waals surface area (Å²) in [6.45, 7) is 2.29. The molecule has 1 aliphatic rings. The lowest BCUT2D eigenvalue weighted by Gasteiger charge is -2.09. The number of hydrogen-bond acceptors (Lipinski definition) is 3. The van der Waals surface area contributed by atoms with E-state index >= 15 is 0 Å². The van der Waals surface area contributed by atoms with Gasteiger partial charge in [-0.15, -0.1) is 0 Å². The lowest BCUT2D eigenvalue weighted by molar-refractivity contribution is -0.122. The monoisotopic (exact) mass is 304 g/mol. The summed E-state index contributed by atoms with van der Waals surface area (Å²) in [5.41, 5.74) is 1.45. The predicted molar refractivity (Wildman–Crippen MR) is 81.7 cm³/mol. The molecule has 0 aromatic heterocycles. The van der Waals surface area contributed by atoms with Crippen molar-refractivity contribution in [3.63, 3.8) is 0 Å². The number of amides is 2. The number of aryl methyl sites for hydroxylation is 1. The van der Waals surface area contributed by atoms with Gasteiger partial charge in [0.1, 0.15) is 0 Å². The Hall–Kier alpha value is -2.37. The quantitative estimate of drug-likeness (QED) is 0.671. The van der Waals surface area contributed by atoms with Crippen molar-refractivity contribution in [1.82, 2.24) is 5.32 Å². The smallest absolute Gasteiger partial charge is 0.335 e. The largest absolute Gasteiger partial charge is 0.478 e. The number of rotatable bonds is 7. The van der Waals surface area contributed by atoms with Gasteiger partial charge in [0.05, 0.1) is 5.56 Å². The maximum Gasteiger partial charge on any atom is 0.335 e. The van der Waals surface area contributed by atoms with Crippen molar-refractivity contribution in [3.8, 4) is 0 Å². The van der Waals surface area contributed by atoms with Gasteiger partial charge in [-0.05, 0) is 43.9 Å². The van der Waals surface area contributed by atoms with Gasteiger partial charge in [0.25, 0.3) is 0 Å². The third-order valence-electron chi connectivity index (χ3n) is 3.59. The van der Waals surface area contributed by atoms with Gasteiger partial charge in [0.2, 0.25) is 11.8 Å². The zero-order valence-corrected chi connectivity index (χ0v) is 12.5. The highest BCUT2D eigenvalue weighted by Gasteiger charge is 2.28. The van der Waals surface area contributed by atoms with Crippen molar-refractivity contribution in [2.45, 2.75) is 32.6 Å². The topological polar surface area (TPSA) is 95.5 Å². The third-order valence-corrected chi connectivity index (χ3v) is 3.59. The van der Waals surface area contributed by atoms with Gasteiger partial charge in [-0.3, -0.25) is 9.59 Å². The van der Waals surface area contributed by atoms with Crippen LogP contribution < -0.4 is 10.6 Å². The fraction of sp³-hybridized carbons (Fsp3) is 0.438. The summed E-state index contributed by atoms with van der Waals surface area (Å²) in [5.74, 6) is -0.967. The number of hydrogen-bond donors (Lipinski definition) is 3. The summed E-state index contributed by atoms with van der Waals surface area (Å²) in [4.78, 5) is 34.2. The number of carbonyl (C=O) groups excluding carboxylic acids is 2. The second-order valence-corrected chi connectivity index (χ2v) is 5.55. The van der Waals surface area contributed by atoms with Gasteiger partial charge < -0.3 is 15.7 Å². The summed E-state index contributed by atoms with van der Waals surface area (Å²) >= 11 is 0. The molecule has 0 heterocycles. The zero-order valence-electron chi connectivity index (χ0n) is 12.5. The Labute approximate surface area is 128 Å². The number of carbonyl (C=O) groups is 3. The summed E-state index contributed by atoms with van der Waals surface area (Å²) < 4.78 is 0. The van der Waals surface area contributed by atoms with Crippen molar-refractivity contribution in [1.29, 1.82) is 0 Å². The summed E-state index contributed by atoms with van der Waals surface area (Å²) in [6, 6.07) is 4.61. The lowest BCUT2D eigenvalue weighted by Crippen LogP contribution is -2.26. The molecule has 118 valence electrons. The van der Waals surface area contributed by atoms with Crippen molar-refractivity contribution in [2.24, 2.45) is 5.92 Å². The Morgan fingerprint density at radius 1 is 1.27 bits per heavy atom. The fourth-order valence-corrected chi connectivity index (χ4v) is 2.05. The molecule has 3 N–H and O–H groups in total. The molecule has 22 heavy (non-hydrogen) atoms. The SMILES string of the molecule is Cc1ccc(C(=O)O)cc1NC(=O)CCCNC(=O)C1CC1. The first-order chi connectivity index (χ1) is 10.5. The molecule has 0 spiro atoms. The van der Waals surface area contributed by atoms with Gasteiger partial charge in [-0.2, -0.15) is 0 Å². The Morgan fingerprint density at radius 3 is 2.64 bits per heavy atom. The summed E-state index contributed by atoms with van der Waals surface area (Å²) in [6.07, 6.45) is 2.76. The zero-order chi connectivity index (χ0) is 16.1. The Kier molecular flexibility index (Phi) is 5.14. The molecule has 0 unspecified atom stereocenters. The first kappa shape index (κ1) is 16.0. The number of nitrogens with one attached hydrogen (secondary N) is 2. The molecule has 1 aromatic carbocycles. The minimum atomic E-state index is -1.03. The highest BCUT2D eigenvalue weighted by atomic mass is 16.4. The number of carboxylic acid groups (broad SMARTS) is 1. The molecule has 6 nitrogen and oxygen atoms in total. The lowest BCUT2D eigenvalue weighted by atomic mass is 10.1. The van der Waals surface area contributed by atoms with Crippen LogP contribution in [0.3, 0.4) is 0 Å². The summed E-state index contributed by atoms with van der Waals surface area (Å²) in [7, 11) is 0. The second kappa shape index (κ2) is 7.06. The summed E-state index contributed by atoms with van der Waals surface area (Å²) in [5, 5.41) is 14.5. The standard InChI is InChI=1S/C16H20N2O4/c1-10-4-5-12(16(21)22)9-13(10)18-14(19)3-2-8-17-15(20)11-6-7-11/h4-5,9,11H,2-3,6-8H2,1H3,(H,17,20)(H,18,19)(H,21,22). The Balaban J connectivity index is 1.77. The van der Waals surface area contributed by atoms with Crippen LogP contribution in [-0.2, 0) is 9.59 Å². The second-order valence-electron chi connectivity index (χ2n) is 5.55. The number of benzene rings is 1. The maximum atomic E-state index is 11.9. The van der Waals surface area contributed by atoms with E-state index in [-0.39, 0.29) is 29.7 Å². The van der Waals surface area contributed by atoms with E-state index < -0.39 is 5.97 Å². The molecule has 1 aromatic rings. The fourth-order valence-electron chi connectivity index (χ4n) is 2.05. The van der Waals surface area contributed by atoms with Crippen LogP contribution in [0.15, 0.2) is 18.2 Å². The van der Waals surface area contributed by atoms with Crippen LogP contribution in [0.2, 0.25) is 0 Å². The van der Waals surface area contributed by atoms with Crippen LogP contribution in [0, 0.1) is 12.8 Å². The number of anilines is 1. The normalized spacial score (nSPS) is 13.5. The van der Waals surface area contributed by atoms with E-state index in [4.69, 9.17) is 5.11 Å². The van der Waals surface area contributed by atoms with Crippen LogP contribution in [0.25, 0.3) is 0 Å². The molecular formula is C16H20N2O4. The van der Waals surface area contributed by atoms with Gasteiger partial charge >= 0.3 is 5.97 Å². The third kappa shape index (κ3) is 4.58. The highest BCUT2D eigenvalue weighted by Crippen LogP contribution is 2.28. The molecule has 0 saturated heterocycles. The van der Waals surface area contributed by atoms with E-state index in [9.17, 15) is 14.4 Å². The minimum Gasteiger partial charge on any atom is -0.478 e. The molecule has 1 saturated carbocycles. The van der Waals surface area contributed by atoms with Crippen LogP contribution in [0.1, 0.15) is 41.6 Å². The van der Waals surface area contributed by atoms with Crippen LogP contribution in [0.4, 0.5) is 5.69 Å². The average molecular weight is 304 g/mol. The van der Waals surface area contributed by atoms with Crippen molar-refractivity contribution in [2.75, 3.05) is 11.9 Å². The molecular weight excluding hydrogens is 284 g/mol. The van der Waals surface area contributed by atoms with Gasteiger partial charge in [-0.25, -0.2) is 4.79 Å². The minimum absolute atomic E-state index is 0.0745. The van der Waals surface area contributed by atoms with E-state index in [0.717, 1.165) is 18.4 Å². The average Bonchev–Trinajstić information content (AvgIpc) is 3.30. The molecule has 1 fully saturated rings. The molecule has 6 heteroatoms. The van der Waals surface area contributed by atoms with Crippen LogP contribution in [0.5, 0.6) is 0 Å². The predicted octanol–water partition coefficient (Wildman–Crippen LogP) is 1.94. The molecule has 1 aliphatic carbocycles. The number of carboxylic acids is 1. The van der Waals surface area contributed by atoms with Gasteiger partial charge in [0, 0.05) is 24.6 Å². The van der Waals surface area contributed by atoms with E-state index in [1.807, 2.05) is 0 Å². The van der Waals surface area contributed by atoms with Crippen LogP contribution >= 0.6 is 0 Å². The van der Waals surface area contributed by atoms with E-state index in [1.54, 1.807) is 13.0 Å². The molecule has 0 radical (unpaired) electrons. The van der Waals surface area contributed by atoms with E-state index in [1.165, 1.54) is 12.1 Å². The maximum absolute atomic E-state index is 11.9. The highest BCUT2D eigenvalue weighted by molar-refractivity contribution is 5.94. The number of aromatic carboxylic acids is 1. The molecule has 2 rings (SSSR count). The molecule has 0 bridgehead atoms. The Morgan fingerprint density at radius 2 is 2.00 bits per heavy atom. The van der Waals surface area contributed by atoms with E-state index in [0.29, 0.717) is 18.7 Å². The molecule has 0 atom stereocenters. The first-order valence-electron chi connectivity index (χ1n) is 7.39. The first-order valence-corrected chi connectivity index (χ1v) is 7.39. The van der Waals surface area contributed by atoms with Crippen molar-refractivity contribution < 1.29 is 19.5 Å². The van der Waals surface area contributed by atoms with Gasteiger partial charge in [0.15, 0.2) is 0 Å². The molecule has 0 aliphatic heterocycles.